The van der Waals surface area contributed by atoms with Crippen molar-refractivity contribution >= 4 is 34.9 Å². The largest absolute Gasteiger partial charge is 0.457 e. The highest BCUT2D eigenvalue weighted by Crippen LogP contribution is 2.44. The maximum atomic E-state index is 12.7. The highest BCUT2D eigenvalue weighted by molar-refractivity contribution is 9.09. The minimum Gasteiger partial charge on any atom is -0.408 e. The first kappa shape index (κ1) is 35.7. The van der Waals surface area contributed by atoms with Gasteiger partial charge in [-0.2, -0.15) is 0 Å². The maximum Gasteiger partial charge on any atom is 0.457 e. The van der Waals surface area contributed by atoms with E-state index in [0.717, 1.165) is 75.9 Å². The molecule has 8 heteroatoms. The number of benzene rings is 1. The summed E-state index contributed by atoms with van der Waals surface area (Å²) >= 11 is 3.42. The summed E-state index contributed by atoms with van der Waals surface area (Å²) in [6.07, 6.45) is 20.0. The zero-order valence-corrected chi connectivity index (χ0v) is 28.0. The molecule has 43 heavy (non-hydrogen) atoms. The lowest BCUT2D eigenvalue weighted by molar-refractivity contribution is -0.144. The summed E-state index contributed by atoms with van der Waals surface area (Å²) in [5.74, 6) is 0.386. The van der Waals surface area contributed by atoms with Gasteiger partial charge in [-0.05, 0) is 76.1 Å². The molecule has 1 N–H and O–H groups in total. The van der Waals surface area contributed by atoms with Crippen molar-refractivity contribution < 1.29 is 24.0 Å². The third-order valence-corrected chi connectivity index (χ3v) is 9.28. The van der Waals surface area contributed by atoms with E-state index < -0.39 is 6.10 Å². The molecule has 1 heterocycles. The molecule has 0 aromatic heterocycles. The number of alkyl halides is 1. The first-order valence-corrected chi connectivity index (χ1v) is 17.8. The average molecular weight is 659 g/mol. The Morgan fingerprint density at radius 3 is 2.49 bits per heavy atom. The SMILES string of the molecule is CCCCB1OC2CC(O1)[C@H](CC=CCCCC(=O)N(CC)C(=O)CCCCCBr)[C@H]2/C=C/[C@@H](O)CCc1ccccc1. The molecule has 2 amide bonds. The molecular formula is C35H53BBrNO5. The lowest BCUT2D eigenvalue weighted by Crippen LogP contribution is -2.37. The number of amides is 2. The first-order valence-electron chi connectivity index (χ1n) is 16.7. The number of halogens is 1. The van der Waals surface area contributed by atoms with Crippen LogP contribution >= 0.6 is 15.9 Å². The Bertz CT molecular complexity index is 1010. The Labute approximate surface area is 268 Å². The monoisotopic (exact) mass is 657 g/mol. The van der Waals surface area contributed by atoms with Crippen LogP contribution in [0.2, 0.25) is 6.32 Å². The Morgan fingerprint density at radius 2 is 1.77 bits per heavy atom. The van der Waals surface area contributed by atoms with Crippen molar-refractivity contribution in [3.63, 3.8) is 0 Å². The van der Waals surface area contributed by atoms with Crippen LogP contribution in [0.3, 0.4) is 0 Å². The molecule has 2 fully saturated rings. The minimum absolute atomic E-state index is 0.0475. The van der Waals surface area contributed by atoms with E-state index in [2.05, 4.69) is 53.2 Å². The van der Waals surface area contributed by atoms with Crippen LogP contribution in [0.1, 0.15) is 96.5 Å². The second kappa shape index (κ2) is 20.3. The van der Waals surface area contributed by atoms with E-state index in [4.69, 9.17) is 9.31 Å². The molecule has 1 aromatic carbocycles. The van der Waals surface area contributed by atoms with Crippen LogP contribution in [-0.2, 0) is 25.3 Å². The van der Waals surface area contributed by atoms with Gasteiger partial charge in [-0.25, -0.2) is 0 Å². The molecule has 0 radical (unpaired) electrons. The summed E-state index contributed by atoms with van der Waals surface area (Å²) in [5.41, 5.74) is 1.24. The molecule has 1 aromatic rings. The zero-order valence-electron chi connectivity index (χ0n) is 26.4. The van der Waals surface area contributed by atoms with Crippen molar-refractivity contribution in [1.29, 1.82) is 0 Å². The molecule has 0 spiro atoms. The van der Waals surface area contributed by atoms with Gasteiger partial charge in [0.1, 0.15) is 0 Å². The third kappa shape index (κ3) is 12.3. The number of aliphatic hydroxyl groups is 1. The molecule has 1 aliphatic heterocycles. The number of allylic oxidation sites excluding steroid dienone is 2. The Morgan fingerprint density at radius 1 is 1.02 bits per heavy atom. The summed E-state index contributed by atoms with van der Waals surface area (Å²) in [6.45, 7) is 4.50. The second-order valence-electron chi connectivity index (χ2n) is 12.0. The number of aliphatic hydroxyl groups excluding tert-OH is 1. The van der Waals surface area contributed by atoms with Crippen LogP contribution in [-0.4, -0.2) is 59.1 Å². The molecule has 238 valence electrons. The van der Waals surface area contributed by atoms with Crippen LogP contribution in [0.5, 0.6) is 0 Å². The predicted molar refractivity (Wildman–Crippen MR) is 179 cm³/mol. The van der Waals surface area contributed by atoms with Gasteiger partial charge in [-0.3, -0.25) is 14.5 Å². The van der Waals surface area contributed by atoms with Crippen LogP contribution in [0.25, 0.3) is 0 Å². The van der Waals surface area contributed by atoms with Gasteiger partial charge in [0.25, 0.3) is 0 Å². The van der Waals surface area contributed by atoms with Crippen molar-refractivity contribution in [3.8, 4) is 0 Å². The first-order chi connectivity index (χ1) is 21.0. The molecular weight excluding hydrogens is 605 g/mol. The van der Waals surface area contributed by atoms with Gasteiger partial charge in [-0.15, -0.1) is 0 Å². The smallest absolute Gasteiger partial charge is 0.408 e. The van der Waals surface area contributed by atoms with Gasteiger partial charge in [-0.1, -0.05) is 96.8 Å². The molecule has 2 aliphatic rings. The highest BCUT2D eigenvalue weighted by Gasteiger charge is 2.49. The summed E-state index contributed by atoms with van der Waals surface area (Å²) in [5, 5.41) is 11.7. The minimum atomic E-state index is -0.491. The van der Waals surface area contributed by atoms with Gasteiger partial charge >= 0.3 is 7.12 Å². The second-order valence-corrected chi connectivity index (χ2v) is 12.8. The summed E-state index contributed by atoms with van der Waals surface area (Å²) < 4.78 is 12.8. The number of rotatable bonds is 20. The van der Waals surface area contributed by atoms with Crippen LogP contribution < -0.4 is 0 Å². The van der Waals surface area contributed by atoms with Crippen LogP contribution in [0.4, 0.5) is 0 Å². The molecule has 3 rings (SSSR count). The van der Waals surface area contributed by atoms with E-state index in [1.165, 1.54) is 10.5 Å². The number of carbonyl (C=O) groups excluding carboxylic acids is 2. The molecule has 1 aliphatic carbocycles. The Balaban J connectivity index is 1.49. The number of imide groups is 1. The number of nitrogens with zero attached hydrogens (tertiary/aromatic N) is 1. The number of carbonyl (C=O) groups is 2. The Kier molecular flexibility index (Phi) is 16.9. The van der Waals surface area contributed by atoms with E-state index in [1.807, 2.05) is 31.2 Å². The number of hydrogen-bond donors (Lipinski definition) is 1. The molecule has 2 bridgehead atoms. The molecule has 5 atom stereocenters. The number of unbranched alkanes of at least 4 members (excludes halogenated alkanes) is 4. The molecule has 1 saturated heterocycles. The number of hydrogen-bond acceptors (Lipinski definition) is 5. The summed E-state index contributed by atoms with van der Waals surface area (Å²) in [4.78, 5) is 26.6. The molecule has 1 saturated carbocycles. The van der Waals surface area contributed by atoms with E-state index >= 15 is 0 Å². The van der Waals surface area contributed by atoms with E-state index in [1.54, 1.807) is 0 Å². The summed E-state index contributed by atoms with van der Waals surface area (Å²) in [6, 6.07) is 10.3. The van der Waals surface area contributed by atoms with Crippen LogP contribution in [0.15, 0.2) is 54.6 Å². The van der Waals surface area contributed by atoms with Crippen molar-refractivity contribution in [3.05, 3.63) is 60.2 Å². The third-order valence-electron chi connectivity index (χ3n) is 8.72. The van der Waals surface area contributed by atoms with Gasteiger partial charge < -0.3 is 14.4 Å². The highest BCUT2D eigenvalue weighted by atomic mass is 79.9. The zero-order chi connectivity index (χ0) is 30.9. The number of aryl methyl sites for hydroxylation is 1. The summed E-state index contributed by atoms with van der Waals surface area (Å²) in [7, 11) is -0.142. The lowest BCUT2D eigenvalue weighted by Gasteiger charge is -2.27. The quantitative estimate of drug-likeness (QED) is 0.0673. The standard InChI is InChI=1S/C35H53BBrNO5/c1-3-5-25-36-42-32-27-33(43-36)31(24-23-29(39)22-21-28-16-10-8-11-17-28)30(32)18-12-6-7-13-19-34(40)38(4-2)35(41)20-14-9-15-26-37/h6,8,10-12,16-17,23-24,29-33,39H,3-5,7,9,13-15,18-22,25-27H2,1-2H3/b12-6?,24-23+/t29-,30+,31+,32?,33?/m0/s1. The fraction of sp³-hybridized carbons (Fsp3) is 0.657. The van der Waals surface area contributed by atoms with E-state index in [9.17, 15) is 14.7 Å². The molecule has 2 unspecified atom stereocenters. The van der Waals surface area contributed by atoms with Gasteiger partial charge in [0, 0.05) is 36.7 Å². The van der Waals surface area contributed by atoms with Crippen LogP contribution in [0, 0.1) is 11.8 Å². The normalized spacial score (nSPS) is 22.5. The maximum absolute atomic E-state index is 12.7. The predicted octanol–water partition coefficient (Wildman–Crippen LogP) is 7.69. The van der Waals surface area contributed by atoms with Gasteiger partial charge in [0.05, 0.1) is 12.2 Å². The topological polar surface area (TPSA) is 76.1 Å². The van der Waals surface area contributed by atoms with Crippen molar-refractivity contribution in [2.75, 3.05) is 11.9 Å². The Hall–Kier alpha value is -1.74. The van der Waals surface area contributed by atoms with Gasteiger partial charge in [0.2, 0.25) is 11.8 Å². The van der Waals surface area contributed by atoms with Crippen molar-refractivity contribution in [1.82, 2.24) is 4.90 Å². The van der Waals surface area contributed by atoms with Crippen molar-refractivity contribution in [2.45, 2.75) is 122 Å². The van der Waals surface area contributed by atoms with Gasteiger partial charge in [0.15, 0.2) is 0 Å². The van der Waals surface area contributed by atoms with E-state index in [0.29, 0.717) is 31.7 Å². The molecule has 6 nitrogen and oxygen atoms in total. The fourth-order valence-electron chi connectivity index (χ4n) is 6.26. The van der Waals surface area contributed by atoms with Crippen molar-refractivity contribution in [2.24, 2.45) is 11.8 Å². The average Bonchev–Trinajstić information content (AvgIpc) is 3.26. The number of fused-ring (bicyclic) bond motifs is 2. The van der Waals surface area contributed by atoms with E-state index in [-0.39, 0.29) is 37.1 Å². The lowest BCUT2D eigenvalue weighted by atomic mass is 9.80. The fourth-order valence-corrected chi connectivity index (χ4v) is 6.65.